The number of nitrogens with zero attached hydrogens (tertiary/aromatic N) is 1. The fourth-order valence-corrected chi connectivity index (χ4v) is 3.24. The van der Waals surface area contributed by atoms with Crippen molar-refractivity contribution in [1.29, 1.82) is 0 Å². The van der Waals surface area contributed by atoms with Crippen LogP contribution in [-0.2, 0) is 16.0 Å². The van der Waals surface area contributed by atoms with Gasteiger partial charge < -0.3 is 15.0 Å². The number of carbonyl (C=O) groups is 2. The van der Waals surface area contributed by atoms with E-state index in [2.05, 4.69) is 5.32 Å². The minimum absolute atomic E-state index is 0.0735. The Balaban J connectivity index is 1.81. The largest absolute Gasteiger partial charge is 0.497 e. The highest BCUT2D eigenvalue weighted by Crippen LogP contribution is 2.35. The summed E-state index contributed by atoms with van der Waals surface area (Å²) in [7, 11) is 1.54. The fraction of sp³-hybridized carbons (Fsp3) is 0.500. The number of amides is 2. The number of rotatable bonds is 3. The van der Waals surface area contributed by atoms with E-state index in [1.807, 2.05) is 6.07 Å². The van der Waals surface area contributed by atoms with Gasteiger partial charge in [0.05, 0.1) is 13.7 Å². The van der Waals surface area contributed by atoms with Gasteiger partial charge in [0.1, 0.15) is 11.8 Å². The monoisotopic (exact) mass is 324 g/mol. The van der Waals surface area contributed by atoms with Crippen molar-refractivity contribution in [2.45, 2.75) is 37.3 Å². The van der Waals surface area contributed by atoms with Crippen LogP contribution in [0.3, 0.4) is 0 Å². The number of hydrogen-bond donors (Lipinski definition) is 1. The van der Waals surface area contributed by atoms with E-state index in [0.29, 0.717) is 5.75 Å². The van der Waals surface area contributed by atoms with Crippen LogP contribution in [0.1, 0.15) is 18.4 Å². The maximum atomic E-state index is 13.6. The number of ether oxygens (including phenoxy) is 1. The molecule has 0 aromatic heterocycles. The van der Waals surface area contributed by atoms with Gasteiger partial charge >= 0.3 is 0 Å². The Hall–Kier alpha value is -2.18. The topological polar surface area (TPSA) is 58.6 Å². The molecule has 2 fully saturated rings. The minimum Gasteiger partial charge on any atom is -0.497 e. The summed E-state index contributed by atoms with van der Waals surface area (Å²) in [5.41, 5.74) is 0.799. The number of hydrogen-bond acceptors (Lipinski definition) is 3. The highest BCUT2D eigenvalue weighted by Gasteiger charge is 2.50. The van der Waals surface area contributed by atoms with Crippen LogP contribution >= 0.6 is 0 Å². The standard InChI is InChI=1S/C16H18F2N2O3/c1-23-12-4-2-3-10(5-12)6-13-15(22)20-9-16(17,18)8-11(20)7-14(21)19-13/h2-5,11,13H,6-9H2,1H3,(H,19,21). The minimum atomic E-state index is -2.92. The smallest absolute Gasteiger partial charge is 0.267 e. The second-order valence-corrected chi connectivity index (χ2v) is 6.06. The summed E-state index contributed by atoms with van der Waals surface area (Å²) in [4.78, 5) is 25.7. The molecule has 2 aliphatic heterocycles. The Morgan fingerprint density at radius 3 is 2.91 bits per heavy atom. The molecule has 5 nitrogen and oxygen atoms in total. The highest BCUT2D eigenvalue weighted by molar-refractivity contribution is 5.91. The molecule has 2 saturated heterocycles. The lowest BCUT2D eigenvalue weighted by Crippen LogP contribution is -2.47. The second-order valence-electron chi connectivity index (χ2n) is 6.06. The SMILES string of the molecule is COc1cccc(CC2NC(=O)CC3CC(F)(F)CN3C2=O)c1. The third kappa shape index (κ3) is 3.28. The Morgan fingerprint density at radius 1 is 1.39 bits per heavy atom. The summed E-state index contributed by atoms with van der Waals surface area (Å²) in [6.45, 7) is -0.611. The Labute approximate surface area is 132 Å². The van der Waals surface area contributed by atoms with Crippen LogP contribution in [0.15, 0.2) is 24.3 Å². The molecule has 1 aromatic carbocycles. The van der Waals surface area contributed by atoms with Crippen LogP contribution in [0.5, 0.6) is 5.75 Å². The molecule has 1 N–H and O–H groups in total. The number of nitrogens with one attached hydrogen (secondary N) is 1. The average molecular weight is 324 g/mol. The van der Waals surface area contributed by atoms with Crippen molar-refractivity contribution >= 4 is 11.8 Å². The number of fused-ring (bicyclic) bond motifs is 1. The van der Waals surface area contributed by atoms with E-state index in [0.717, 1.165) is 10.5 Å². The molecule has 2 heterocycles. The van der Waals surface area contributed by atoms with Gasteiger partial charge in [0, 0.05) is 25.3 Å². The predicted octanol–water partition coefficient (Wildman–Crippen LogP) is 1.36. The van der Waals surface area contributed by atoms with Crippen LogP contribution in [0.4, 0.5) is 8.78 Å². The van der Waals surface area contributed by atoms with Crippen LogP contribution < -0.4 is 10.1 Å². The lowest BCUT2D eigenvalue weighted by molar-refractivity contribution is -0.135. The Kier molecular flexibility index (Phi) is 3.95. The molecular formula is C16H18F2N2O3. The van der Waals surface area contributed by atoms with Crippen molar-refractivity contribution in [3.05, 3.63) is 29.8 Å². The first-order chi connectivity index (χ1) is 10.9. The maximum Gasteiger partial charge on any atom is 0.267 e. The first-order valence-electron chi connectivity index (χ1n) is 7.48. The van der Waals surface area contributed by atoms with Crippen molar-refractivity contribution < 1.29 is 23.1 Å². The van der Waals surface area contributed by atoms with Gasteiger partial charge in [0.2, 0.25) is 11.8 Å². The molecule has 0 aliphatic carbocycles. The zero-order valence-corrected chi connectivity index (χ0v) is 12.7. The van der Waals surface area contributed by atoms with Gasteiger partial charge in [-0.25, -0.2) is 8.78 Å². The maximum absolute atomic E-state index is 13.6. The van der Waals surface area contributed by atoms with Crippen LogP contribution in [0, 0.1) is 0 Å². The van der Waals surface area contributed by atoms with E-state index in [-0.39, 0.29) is 18.7 Å². The van der Waals surface area contributed by atoms with Gasteiger partial charge in [-0.1, -0.05) is 12.1 Å². The van der Waals surface area contributed by atoms with Crippen molar-refractivity contribution in [3.63, 3.8) is 0 Å². The zero-order valence-electron chi connectivity index (χ0n) is 12.7. The molecule has 0 bridgehead atoms. The molecule has 0 saturated carbocycles. The Morgan fingerprint density at radius 2 is 2.17 bits per heavy atom. The van der Waals surface area contributed by atoms with Crippen molar-refractivity contribution in [1.82, 2.24) is 10.2 Å². The molecular weight excluding hydrogens is 306 g/mol. The molecule has 23 heavy (non-hydrogen) atoms. The molecule has 1 aromatic rings. The third-order valence-corrected chi connectivity index (χ3v) is 4.29. The Bertz CT molecular complexity index is 636. The first kappa shape index (κ1) is 15.7. The average Bonchev–Trinajstić information content (AvgIpc) is 2.75. The molecule has 2 amide bonds. The molecule has 2 unspecified atom stereocenters. The van der Waals surface area contributed by atoms with E-state index in [1.54, 1.807) is 18.2 Å². The summed E-state index contributed by atoms with van der Waals surface area (Å²) in [6.07, 6.45) is -0.273. The summed E-state index contributed by atoms with van der Waals surface area (Å²) >= 11 is 0. The van der Waals surface area contributed by atoms with Gasteiger partial charge in [-0.2, -0.15) is 0 Å². The van der Waals surface area contributed by atoms with Crippen molar-refractivity contribution in [2.24, 2.45) is 0 Å². The summed E-state index contributed by atoms with van der Waals surface area (Å²) in [5, 5.41) is 2.65. The van der Waals surface area contributed by atoms with E-state index < -0.39 is 36.9 Å². The third-order valence-electron chi connectivity index (χ3n) is 4.29. The zero-order chi connectivity index (χ0) is 16.6. The highest BCUT2D eigenvalue weighted by atomic mass is 19.3. The van der Waals surface area contributed by atoms with E-state index in [9.17, 15) is 18.4 Å². The molecule has 3 rings (SSSR count). The number of halogens is 2. The van der Waals surface area contributed by atoms with Gasteiger partial charge in [0.15, 0.2) is 0 Å². The van der Waals surface area contributed by atoms with Crippen LogP contribution in [0.2, 0.25) is 0 Å². The van der Waals surface area contributed by atoms with E-state index in [1.165, 1.54) is 7.11 Å². The van der Waals surface area contributed by atoms with E-state index in [4.69, 9.17) is 4.74 Å². The lowest BCUT2D eigenvalue weighted by Gasteiger charge is -2.24. The van der Waals surface area contributed by atoms with Gasteiger partial charge in [0.25, 0.3) is 5.92 Å². The molecule has 124 valence electrons. The molecule has 0 spiro atoms. The predicted molar refractivity (Wildman–Crippen MR) is 78.3 cm³/mol. The quantitative estimate of drug-likeness (QED) is 0.913. The molecule has 7 heteroatoms. The van der Waals surface area contributed by atoms with Gasteiger partial charge in [-0.15, -0.1) is 0 Å². The van der Waals surface area contributed by atoms with Crippen LogP contribution in [0.25, 0.3) is 0 Å². The summed E-state index contributed by atoms with van der Waals surface area (Å²) in [5.74, 6) is -3.09. The van der Waals surface area contributed by atoms with Crippen molar-refractivity contribution in [2.75, 3.05) is 13.7 Å². The normalized spacial score (nSPS) is 26.5. The fourth-order valence-electron chi connectivity index (χ4n) is 3.24. The molecule has 0 radical (unpaired) electrons. The number of benzene rings is 1. The summed E-state index contributed by atoms with van der Waals surface area (Å²) in [6, 6.07) is 5.59. The first-order valence-corrected chi connectivity index (χ1v) is 7.48. The van der Waals surface area contributed by atoms with Gasteiger partial charge in [-0.3, -0.25) is 9.59 Å². The molecule has 2 aliphatic rings. The van der Waals surface area contributed by atoms with E-state index >= 15 is 0 Å². The number of alkyl halides is 2. The number of carbonyl (C=O) groups excluding carboxylic acids is 2. The molecule has 2 atom stereocenters. The van der Waals surface area contributed by atoms with Crippen LogP contribution in [-0.4, -0.2) is 48.4 Å². The number of methoxy groups -OCH3 is 1. The van der Waals surface area contributed by atoms with Crippen molar-refractivity contribution in [3.8, 4) is 5.75 Å². The second kappa shape index (κ2) is 5.79. The summed E-state index contributed by atoms with van der Waals surface area (Å²) < 4.78 is 32.3. The lowest BCUT2D eigenvalue weighted by atomic mass is 10.0. The van der Waals surface area contributed by atoms with Gasteiger partial charge in [-0.05, 0) is 17.7 Å².